The molecule has 1 heterocycles. The van der Waals surface area contributed by atoms with Crippen molar-refractivity contribution in [3.63, 3.8) is 0 Å². The second kappa shape index (κ2) is 7.89. The van der Waals surface area contributed by atoms with Crippen molar-refractivity contribution in [2.45, 2.75) is 26.6 Å². The number of rotatable bonds is 4. The number of hydrogen-bond acceptors (Lipinski definition) is 3. The van der Waals surface area contributed by atoms with Crippen molar-refractivity contribution in [2.75, 3.05) is 13.7 Å². The van der Waals surface area contributed by atoms with Crippen LogP contribution in [0.4, 0.5) is 13.2 Å². The number of halogens is 3. The van der Waals surface area contributed by atoms with Crippen LogP contribution in [0.25, 0.3) is 10.2 Å². The van der Waals surface area contributed by atoms with Gasteiger partial charge in [0.15, 0.2) is 4.80 Å². The smallest absolute Gasteiger partial charge is 0.383 e. The Morgan fingerprint density at radius 3 is 2.64 bits per heavy atom. The normalized spacial score (nSPS) is 12.7. The number of alkyl halides is 3. The molecule has 0 saturated carbocycles. The number of amides is 1. The Kier molecular flexibility index (Phi) is 5.71. The SMILES string of the molecule is COCCn1c(=NC(=O)c2cccc(C(F)(F)F)c2)sc2c(C)cc(C)cc21. The minimum absolute atomic E-state index is 0.0986. The molecule has 0 aliphatic rings. The van der Waals surface area contributed by atoms with Crippen LogP contribution in [-0.4, -0.2) is 24.2 Å². The van der Waals surface area contributed by atoms with Gasteiger partial charge in [0, 0.05) is 19.2 Å². The molecule has 1 amide bonds. The number of aryl methyl sites for hydroxylation is 2. The molecule has 0 fully saturated rings. The first-order valence-corrected chi connectivity index (χ1v) is 9.38. The van der Waals surface area contributed by atoms with Crippen molar-refractivity contribution in [2.24, 2.45) is 4.99 Å². The minimum atomic E-state index is -4.51. The molecule has 0 unspecified atom stereocenters. The first-order chi connectivity index (χ1) is 13.2. The van der Waals surface area contributed by atoms with Gasteiger partial charge in [-0.15, -0.1) is 0 Å². The van der Waals surface area contributed by atoms with Gasteiger partial charge >= 0.3 is 6.18 Å². The fraction of sp³-hybridized carbons (Fsp3) is 0.300. The van der Waals surface area contributed by atoms with Crippen molar-refractivity contribution in [1.29, 1.82) is 0 Å². The summed E-state index contributed by atoms with van der Waals surface area (Å²) >= 11 is 1.34. The van der Waals surface area contributed by atoms with Gasteiger partial charge in [-0.25, -0.2) is 0 Å². The Balaban J connectivity index is 2.13. The minimum Gasteiger partial charge on any atom is -0.383 e. The van der Waals surface area contributed by atoms with E-state index in [4.69, 9.17) is 4.74 Å². The Morgan fingerprint density at radius 2 is 1.96 bits per heavy atom. The fourth-order valence-corrected chi connectivity index (χ4v) is 4.08. The van der Waals surface area contributed by atoms with Gasteiger partial charge in [0.2, 0.25) is 0 Å². The average Bonchev–Trinajstić information content (AvgIpc) is 2.96. The molecule has 2 aromatic carbocycles. The number of hydrogen-bond donors (Lipinski definition) is 0. The summed E-state index contributed by atoms with van der Waals surface area (Å²) in [4.78, 5) is 17.1. The molecule has 0 radical (unpaired) electrons. The topological polar surface area (TPSA) is 43.6 Å². The van der Waals surface area contributed by atoms with Crippen LogP contribution in [0.2, 0.25) is 0 Å². The quantitative estimate of drug-likeness (QED) is 0.627. The number of aromatic nitrogens is 1. The van der Waals surface area contributed by atoms with E-state index < -0.39 is 17.6 Å². The maximum absolute atomic E-state index is 12.9. The van der Waals surface area contributed by atoms with Crippen LogP contribution in [0.1, 0.15) is 27.0 Å². The van der Waals surface area contributed by atoms with Crippen molar-refractivity contribution in [3.8, 4) is 0 Å². The van der Waals surface area contributed by atoms with Crippen molar-refractivity contribution in [1.82, 2.24) is 4.57 Å². The van der Waals surface area contributed by atoms with Gasteiger partial charge in [0.1, 0.15) is 0 Å². The maximum atomic E-state index is 12.9. The molecular weight excluding hydrogens is 389 g/mol. The van der Waals surface area contributed by atoms with Gasteiger partial charge in [0.05, 0.1) is 22.4 Å². The molecule has 0 N–H and O–H groups in total. The number of benzene rings is 2. The summed E-state index contributed by atoms with van der Waals surface area (Å²) in [6, 6.07) is 8.35. The van der Waals surface area contributed by atoms with E-state index in [2.05, 4.69) is 4.99 Å². The van der Waals surface area contributed by atoms with Gasteiger partial charge in [-0.3, -0.25) is 4.79 Å². The van der Waals surface area contributed by atoms with E-state index in [0.717, 1.165) is 33.5 Å². The molecule has 0 saturated heterocycles. The second-order valence-electron chi connectivity index (χ2n) is 6.45. The molecule has 8 heteroatoms. The van der Waals surface area contributed by atoms with E-state index in [0.29, 0.717) is 18.0 Å². The van der Waals surface area contributed by atoms with E-state index in [-0.39, 0.29) is 5.56 Å². The molecule has 0 atom stereocenters. The third-order valence-electron chi connectivity index (χ3n) is 4.27. The largest absolute Gasteiger partial charge is 0.416 e. The van der Waals surface area contributed by atoms with Crippen LogP contribution >= 0.6 is 11.3 Å². The van der Waals surface area contributed by atoms with Crippen molar-refractivity contribution in [3.05, 3.63) is 63.5 Å². The lowest BCUT2D eigenvalue weighted by atomic mass is 10.1. The molecule has 4 nitrogen and oxygen atoms in total. The Labute approximate surface area is 163 Å². The van der Waals surface area contributed by atoms with Crippen LogP contribution in [0.15, 0.2) is 41.4 Å². The lowest BCUT2D eigenvalue weighted by molar-refractivity contribution is -0.137. The molecule has 0 bridgehead atoms. The lowest BCUT2D eigenvalue weighted by Gasteiger charge is -2.07. The first-order valence-electron chi connectivity index (χ1n) is 8.56. The highest BCUT2D eigenvalue weighted by Gasteiger charge is 2.30. The Bertz CT molecular complexity index is 1100. The predicted octanol–water partition coefficient (Wildman–Crippen LogP) is 4.73. The molecule has 0 aliphatic carbocycles. The third-order valence-corrected chi connectivity index (χ3v) is 5.50. The molecule has 3 aromatic rings. The average molecular weight is 408 g/mol. The zero-order valence-corrected chi connectivity index (χ0v) is 16.4. The summed E-state index contributed by atoms with van der Waals surface area (Å²) < 4.78 is 46.8. The summed E-state index contributed by atoms with van der Waals surface area (Å²) in [7, 11) is 1.58. The number of methoxy groups -OCH3 is 1. The highest BCUT2D eigenvalue weighted by Crippen LogP contribution is 2.29. The highest BCUT2D eigenvalue weighted by molar-refractivity contribution is 7.16. The van der Waals surface area contributed by atoms with Crippen molar-refractivity contribution >= 4 is 27.5 Å². The monoisotopic (exact) mass is 408 g/mol. The molecule has 0 spiro atoms. The Morgan fingerprint density at radius 1 is 1.21 bits per heavy atom. The van der Waals surface area contributed by atoms with E-state index in [1.165, 1.54) is 23.5 Å². The van der Waals surface area contributed by atoms with Crippen LogP contribution in [0, 0.1) is 13.8 Å². The molecule has 1 aromatic heterocycles. The number of thiazole rings is 1. The maximum Gasteiger partial charge on any atom is 0.416 e. The molecular formula is C20H19F3N2O2S. The third kappa shape index (κ3) is 4.18. The van der Waals surface area contributed by atoms with Gasteiger partial charge < -0.3 is 9.30 Å². The molecule has 28 heavy (non-hydrogen) atoms. The fourth-order valence-electron chi connectivity index (χ4n) is 2.98. The van der Waals surface area contributed by atoms with E-state index in [1.54, 1.807) is 7.11 Å². The van der Waals surface area contributed by atoms with Gasteiger partial charge in [-0.1, -0.05) is 23.5 Å². The molecule has 148 valence electrons. The van der Waals surface area contributed by atoms with Gasteiger partial charge in [0.25, 0.3) is 5.91 Å². The summed E-state index contributed by atoms with van der Waals surface area (Å²) in [5, 5.41) is 0. The van der Waals surface area contributed by atoms with E-state index in [1.807, 2.05) is 30.5 Å². The summed E-state index contributed by atoms with van der Waals surface area (Å²) in [6.07, 6.45) is -4.51. The standard InChI is InChI=1S/C20H19F3N2O2S/c1-12-9-13(2)17-16(10-12)25(7-8-27-3)19(28-17)24-18(26)14-5-4-6-15(11-14)20(21,22)23/h4-6,9-11H,7-8H2,1-3H3. The van der Waals surface area contributed by atoms with Gasteiger partial charge in [-0.2, -0.15) is 18.2 Å². The van der Waals surface area contributed by atoms with Gasteiger partial charge in [-0.05, 0) is 49.2 Å². The number of fused-ring (bicyclic) bond motifs is 1. The van der Waals surface area contributed by atoms with E-state index >= 15 is 0 Å². The zero-order valence-electron chi connectivity index (χ0n) is 15.6. The number of carbonyl (C=O) groups excluding carboxylic acids is 1. The van der Waals surface area contributed by atoms with Crippen LogP contribution in [0.3, 0.4) is 0 Å². The van der Waals surface area contributed by atoms with Crippen molar-refractivity contribution < 1.29 is 22.7 Å². The van der Waals surface area contributed by atoms with Crippen LogP contribution < -0.4 is 4.80 Å². The Hall–Kier alpha value is -2.45. The number of nitrogens with zero attached hydrogens (tertiary/aromatic N) is 2. The predicted molar refractivity (Wildman–Crippen MR) is 103 cm³/mol. The number of ether oxygens (including phenoxy) is 1. The van der Waals surface area contributed by atoms with E-state index in [9.17, 15) is 18.0 Å². The zero-order chi connectivity index (χ0) is 20.5. The first kappa shape index (κ1) is 20.3. The van der Waals surface area contributed by atoms with Crippen LogP contribution in [-0.2, 0) is 17.5 Å². The molecule has 0 aliphatic heterocycles. The molecule has 3 rings (SSSR count). The lowest BCUT2D eigenvalue weighted by Crippen LogP contribution is -2.19. The highest BCUT2D eigenvalue weighted by atomic mass is 32.1. The summed E-state index contributed by atoms with van der Waals surface area (Å²) in [6.45, 7) is 4.86. The van der Waals surface area contributed by atoms with Crippen LogP contribution in [0.5, 0.6) is 0 Å². The summed E-state index contributed by atoms with van der Waals surface area (Å²) in [5.74, 6) is -0.710. The summed E-state index contributed by atoms with van der Waals surface area (Å²) in [5.41, 5.74) is 2.08. The number of carbonyl (C=O) groups is 1. The second-order valence-corrected chi connectivity index (χ2v) is 7.43.